The minimum absolute atomic E-state index is 0.658. The molecule has 15 heavy (non-hydrogen) atoms. The highest BCUT2D eigenvalue weighted by molar-refractivity contribution is 4.67. The highest BCUT2D eigenvalue weighted by Gasteiger charge is 2.12. The molecular weight excluding hydrogens is 194 g/mol. The van der Waals surface area contributed by atoms with Crippen molar-refractivity contribution in [1.82, 2.24) is 5.32 Å². The molecule has 0 amide bonds. The molecule has 1 aliphatic rings. The third-order valence-electron chi connectivity index (χ3n) is 2.56. The highest BCUT2D eigenvalue weighted by atomic mass is 16.5. The van der Waals surface area contributed by atoms with Gasteiger partial charge in [-0.2, -0.15) is 0 Å². The molecule has 0 bridgehead atoms. The van der Waals surface area contributed by atoms with E-state index in [9.17, 15) is 0 Å². The first kappa shape index (κ1) is 12.9. The molecule has 1 fully saturated rings. The maximum Gasteiger partial charge on any atom is 0.0701 e. The topological polar surface area (TPSA) is 39.7 Å². The summed E-state index contributed by atoms with van der Waals surface area (Å²) in [6.07, 6.45) is 2.57. The Bertz CT molecular complexity index is 138. The molecule has 0 aromatic carbocycles. The first-order chi connectivity index (χ1) is 7.43. The molecule has 0 spiro atoms. The molecule has 0 aromatic heterocycles. The van der Waals surface area contributed by atoms with Crippen LogP contribution in [-0.4, -0.2) is 53.2 Å². The molecule has 0 radical (unpaired) electrons. The average molecular weight is 217 g/mol. The van der Waals surface area contributed by atoms with Crippen molar-refractivity contribution in [1.29, 1.82) is 0 Å². The fourth-order valence-electron chi connectivity index (χ4n) is 1.68. The molecule has 4 nitrogen and oxygen atoms in total. The first-order valence-corrected chi connectivity index (χ1v) is 5.78. The lowest BCUT2D eigenvalue weighted by Crippen LogP contribution is -2.32. The van der Waals surface area contributed by atoms with E-state index in [-0.39, 0.29) is 0 Å². The van der Waals surface area contributed by atoms with Crippen LogP contribution in [-0.2, 0) is 14.2 Å². The number of rotatable bonds is 8. The van der Waals surface area contributed by atoms with Crippen molar-refractivity contribution in [2.45, 2.75) is 12.8 Å². The second kappa shape index (κ2) is 9.09. The summed E-state index contributed by atoms with van der Waals surface area (Å²) in [5.74, 6) is 0.692. The molecular formula is C11H23NO3. The van der Waals surface area contributed by atoms with Gasteiger partial charge in [0.1, 0.15) is 0 Å². The lowest BCUT2D eigenvalue weighted by molar-refractivity contribution is 0.0133. The summed E-state index contributed by atoms with van der Waals surface area (Å²) in [6.45, 7) is 5.81. The van der Waals surface area contributed by atoms with E-state index in [1.54, 1.807) is 7.11 Å². The fourth-order valence-corrected chi connectivity index (χ4v) is 1.68. The fraction of sp³-hybridized carbons (Fsp3) is 1.00. The molecule has 1 rings (SSSR count). The molecule has 1 saturated heterocycles. The minimum Gasteiger partial charge on any atom is -0.382 e. The van der Waals surface area contributed by atoms with E-state index in [1.807, 2.05) is 0 Å². The van der Waals surface area contributed by atoms with Gasteiger partial charge >= 0.3 is 0 Å². The van der Waals surface area contributed by atoms with Crippen molar-refractivity contribution in [2.24, 2.45) is 5.92 Å². The van der Waals surface area contributed by atoms with E-state index in [0.29, 0.717) is 32.3 Å². The maximum absolute atomic E-state index is 5.55. The third kappa shape index (κ3) is 6.84. The molecule has 0 saturated carbocycles. The Morgan fingerprint density at radius 2 is 1.93 bits per heavy atom. The molecule has 1 N–H and O–H groups in total. The Hall–Kier alpha value is -0.160. The van der Waals surface area contributed by atoms with Gasteiger partial charge < -0.3 is 19.5 Å². The maximum atomic E-state index is 5.55. The van der Waals surface area contributed by atoms with Gasteiger partial charge in [0, 0.05) is 13.7 Å². The largest absolute Gasteiger partial charge is 0.382 e. The SMILES string of the molecule is COCCOCCOC[C@@H]1CCCNC1. The van der Waals surface area contributed by atoms with Crippen LogP contribution >= 0.6 is 0 Å². The zero-order valence-corrected chi connectivity index (χ0v) is 9.67. The van der Waals surface area contributed by atoms with Crippen LogP contribution in [0.3, 0.4) is 0 Å². The number of nitrogens with one attached hydrogen (secondary N) is 1. The van der Waals surface area contributed by atoms with Crippen LogP contribution in [0.5, 0.6) is 0 Å². The zero-order valence-electron chi connectivity index (χ0n) is 9.67. The summed E-state index contributed by atoms with van der Waals surface area (Å²) in [5, 5.41) is 3.38. The number of ether oxygens (including phenoxy) is 3. The van der Waals surface area contributed by atoms with Crippen LogP contribution in [0.15, 0.2) is 0 Å². The van der Waals surface area contributed by atoms with Crippen LogP contribution in [0.4, 0.5) is 0 Å². The van der Waals surface area contributed by atoms with Gasteiger partial charge in [-0.3, -0.25) is 0 Å². The van der Waals surface area contributed by atoms with Crippen LogP contribution in [0.1, 0.15) is 12.8 Å². The zero-order chi connectivity index (χ0) is 10.8. The summed E-state index contributed by atoms with van der Waals surface area (Å²) in [6, 6.07) is 0. The Morgan fingerprint density at radius 1 is 1.13 bits per heavy atom. The molecule has 90 valence electrons. The normalized spacial score (nSPS) is 21.8. The van der Waals surface area contributed by atoms with E-state index < -0.39 is 0 Å². The van der Waals surface area contributed by atoms with Crippen molar-refractivity contribution < 1.29 is 14.2 Å². The molecule has 1 atom stereocenters. The van der Waals surface area contributed by atoms with Crippen LogP contribution in [0, 0.1) is 5.92 Å². The van der Waals surface area contributed by atoms with Crippen LogP contribution < -0.4 is 5.32 Å². The number of methoxy groups -OCH3 is 1. The predicted molar refractivity (Wildman–Crippen MR) is 59.1 cm³/mol. The Kier molecular flexibility index (Phi) is 7.83. The van der Waals surface area contributed by atoms with E-state index in [4.69, 9.17) is 14.2 Å². The van der Waals surface area contributed by atoms with Crippen molar-refractivity contribution in [3.05, 3.63) is 0 Å². The van der Waals surface area contributed by atoms with Gasteiger partial charge in [-0.15, -0.1) is 0 Å². The minimum atomic E-state index is 0.658. The second-order valence-corrected chi connectivity index (χ2v) is 3.89. The first-order valence-electron chi connectivity index (χ1n) is 5.78. The number of hydrogen-bond acceptors (Lipinski definition) is 4. The molecule has 0 unspecified atom stereocenters. The summed E-state index contributed by atoms with van der Waals surface area (Å²) in [7, 11) is 1.68. The molecule has 1 aliphatic heterocycles. The van der Waals surface area contributed by atoms with Gasteiger partial charge in [-0.25, -0.2) is 0 Å². The lowest BCUT2D eigenvalue weighted by atomic mass is 10.0. The lowest BCUT2D eigenvalue weighted by Gasteiger charge is -2.22. The van der Waals surface area contributed by atoms with Crippen molar-refractivity contribution >= 4 is 0 Å². The highest BCUT2D eigenvalue weighted by Crippen LogP contribution is 2.09. The third-order valence-corrected chi connectivity index (χ3v) is 2.56. The Balaban J connectivity index is 1.79. The van der Waals surface area contributed by atoms with Crippen molar-refractivity contribution in [3.8, 4) is 0 Å². The van der Waals surface area contributed by atoms with Crippen molar-refractivity contribution in [3.63, 3.8) is 0 Å². The standard InChI is InChI=1S/C11H23NO3/c1-13-5-6-14-7-8-15-10-11-3-2-4-12-9-11/h11-12H,2-10H2,1H3/t11-/m1/s1. The van der Waals surface area contributed by atoms with Crippen LogP contribution in [0.2, 0.25) is 0 Å². The molecule has 0 aliphatic carbocycles. The monoisotopic (exact) mass is 217 g/mol. The van der Waals surface area contributed by atoms with E-state index >= 15 is 0 Å². The van der Waals surface area contributed by atoms with Crippen molar-refractivity contribution in [2.75, 3.05) is 53.2 Å². The summed E-state index contributed by atoms with van der Waals surface area (Å²) >= 11 is 0. The Morgan fingerprint density at radius 3 is 2.67 bits per heavy atom. The smallest absolute Gasteiger partial charge is 0.0701 e. The van der Waals surface area contributed by atoms with Gasteiger partial charge in [0.25, 0.3) is 0 Å². The van der Waals surface area contributed by atoms with E-state index in [1.165, 1.54) is 12.8 Å². The molecule has 1 heterocycles. The van der Waals surface area contributed by atoms with Gasteiger partial charge in [0.05, 0.1) is 33.0 Å². The second-order valence-electron chi connectivity index (χ2n) is 3.89. The molecule has 4 heteroatoms. The predicted octanol–water partition coefficient (Wildman–Crippen LogP) is 0.666. The summed E-state index contributed by atoms with van der Waals surface area (Å²) in [4.78, 5) is 0. The molecule has 0 aromatic rings. The summed E-state index contributed by atoms with van der Waals surface area (Å²) in [5.41, 5.74) is 0. The van der Waals surface area contributed by atoms with E-state index in [2.05, 4.69) is 5.32 Å². The van der Waals surface area contributed by atoms with Gasteiger partial charge in [0.2, 0.25) is 0 Å². The van der Waals surface area contributed by atoms with Gasteiger partial charge in [0.15, 0.2) is 0 Å². The van der Waals surface area contributed by atoms with Gasteiger partial charge in [-0.1, -0.05) is 0 Å². The number of piperidine rings is 1. The quantitative estimate of drug-likeness (QED) is 0.606. The van der Waals surface area contributed by atoms with E-state index in [0.717, 1.165) is 19.7 Å². The number of hydrogen-bond donors (Lipinski definition) is 1. The Labute approximate surface area is 92.3 Å². The average Bonchev–Trinajstić information content (AvgIpc) is 2.29. The van der Waals surface area contributed by atoms with Gasteiger partial charge in [-0.05, 0) is 25.3 Å². The van der Waals surface area contributed by atoms with Crippen LogP contribution in [0.25, 0.3) is 0 Å². The summed E-state index contributed by atoms with van der Waals surface area (Å²) < 4.78 is 15.7.